The van der Waals surface area contributed by atoms with Gasteiger partial charge < -0.3 is 14.4 Å². The topological polar surface area (TPSA) is 59.1 Å². The summed E-state index contributed by atoms with van der Waals surface area (Å²) in [6.07, 6.45) is 5.71. The maximum Gasteiger partial charge on any atom is 0.231 e. The van der Waals surface area contributed by atoms with Gasteiger partial charge in [0.2, 0.25) is 12.7 Å². The molecule has 4 rings (SSSR count). The summed E-state index contributed by atoms with van der Waals surface area (Å²) in [6, 6.07) is 5.34. The van der Waals surface area contributed by atoms with Crippen molar-refractivity contribution in [3.8, 4) is 11.5 Å². The highest BCUT2D eigenvalue weighted by atomic mass is 16.7. The van der Waals surface area contributed by atoms with E-state index in [0.29, 0.717) is 29.5 Å². The van der Waals surface area contributed by atoms with Crippen molar-refractivity contribution in [1.82, 2.24) is 9.80 Å². The number of rotatable bonds is 4. The van der Waals surface area contributed by atoms with E-state index < -0.39 is 0 Å². The Bertz CT molecular complexity index is 676. The number of benzene rings is 1. The molecule has 1 aromatic carbocycles. The quantitative estimate of drug-likeness (QED) is 0.773. The molecule has 2 heterocycles. The zero-order valence-corrected chi connectivity index (χ0v) is 15.1. The van der Waals surface area contributed by atoms with Gasteiger partial charge in [-0.1, -0.05) is 19.3 Å². The molecule has 2 aliphatic heterocycles. The fourth-order valence-electron chi connectivity index (χ4n) is 4.10. The molecule has 0 N–H and O–H groups in total. The molecule has 6 heteroatoms. The molecule has 3 aliphatic rings. The molecule has 1 aromatic rings. The van der Waals surface area contributed by atoms with Crippen LogP contribution in [-0.4, -0.2) is 61.0 Å². The first kappa shape index (κ1) is 17.3. The van der Waals surface area contributed by atoms with Crippen molar-refractivity contribution in [2.45, 2.75) is 32.1 Å². The van der Waals surface area contributed by atoms with E-state index in [0.717, 1.165) is 39.0 Å². The van der Waals surface area contributed by atoms with Gasteiger partial charge in [0.15, 0.2) is 17.3 Å². The van der Waals surface area contributed by atoms with E-state index in [1.807, 2.05) is 4.90 Å². The number of ketones is 1. The highest BCUT2D eigenvalue weighted by Crippen LogP contribution is 2.32. The lowest BCUT2D eigenvalue weighted by Crippen LogP contribution is -2.51. The smallest absolute Gasteiger partial charge is 0.231 e. The van der Waals surface area contributed by atoms with Crippen LogP contribution in [0, 0.1) is 5.92 Å². The summed E-state index contributed by atoms with van der Waals surface area (Å²) in [7, 11) is 0. The number of ether oxygens (including phenoxy) is 2. The minimum absolute atomic E-state index is 0.0790. The van der Waals surface area contributed by atoms with E-state index in [9.17, 15) is 9.59 Å². The molecule has 140 valence electrons. The fourth-order valence-corrected chi connectivity index (χ4v) is 4.10. The third-order valence-corrected chi connectivity index (χ3v) is 5.70. The Labute approximate surface area is 154 Å². The molecule has 0 bridgehead atoms. The van der Waals surface area contributed by atoms with Gasteiger partial charge in [-0.2, -0.15) is 0 Å². The number of carbonyl (C=O) groups is 2. The third-order valence-electron chi connectivity index (χ3n) is 5.70. The van der Waals surface area contributed by atoms with E-state index in [2.05, 4.69) is 4.90 Å². The van der Waals surface area contributed by atoms with Crippen LogP contribution in [0.15, 0.2) is 18.2 Å². The average molecular weight is 358 g/mol. The highest BCUT2D eigenvalue weighted by molar-refractivity contribution is 5.98. The van der Waals surface area contributed by atoms with Gasteiger partial charge >= 0.3 is 0 Å². The van der Waals surface area contributed by atoms with E-state index in [1.165, 1.54) is 19.3 Å². The largest absolute Gasteiger partial charge is 0.454 e. The predicted molar refractivity (Wildman–Crippen MR) is 96.5 cm³/mol. The maximum absolute atomic E-state index is 12.6. The molecule has 6 nitrogen and oxygen atoms in total. The molecular formula is C20H26N2O4. The van der Waals surface area contributed by atoms with Crippen molar-refractivity contribution < 1.29 is 19.1 Å². The van der Waals surface area contributed by atoms with Crippen LogP contribution >= 0.6 is 0 Å². The van der Waals surface area contributed by atoms with Gasteiger partial charge in [0, 0.05) is 37.7 Å². The van der Waals surface area contributed by atoms with Gasteiger partial charge in [0.25, 0.3) is 0 Å². The monoisotopic (exact) mass is 358 g/mol. The second kappa shape index (κ2) is 7.66. The van der Waals surface area contributed by atoms with Gasteiger partial charge in [0.05, 0.1) is 6.54 Å². The fraction of sp³-hybridized carbons (Fsp3) is 0.600. The van der Waals surface area contributed by atoms with Crippen LogP contribution in [0.3, 0.4) is 0 Å². The van der Waals surface area contributed by atoms with Crippen molar-refractivity contribution in [2.24, 2.45) is 5.92 Å². The Morgan fingerprint density at radius 2 is 1.69 bits per heavy atom. The van der Waals surface area contributed by atoms with Crippen LogP contribution in [0.1, 0.15) is 42.5 Å². The molecule has 1 amide bonds. The standard InChI is InChI=1S/C20H26N2O4/c23-17(16-6-7-18-19(12-16)26-14-25-18)13-21-8-10-22(11-9-21)20(24)15-4-2-1-3-5-15/h6-7,12,15H,1-5,8-11,13-14H2. The van der Waals surface area contributed by atoms with Crippen LogP contribution in [-0.2, 0) is 4.79 Å². The number of piperazine rings is 1. The summed E-state index contributed by atoms with van der Waals surface area (Å²) in [5.41, 5.74) is 0.648. The number of Topliss-reactive ketones (excluding diaryl/α,β-unsaturated/α-hetero) is 1. The number of fused-ring (bicyclic) bond motifs is 1. The van der Waals surface area contributed by atoms with Crippen LogP contribution in [0.2, 0.25) is 0 Å². The zero-order chi connectivity index (χ0) is 17.9. The summed E-state index contributed by atoms with van der Waals surface area (Å²) in [6.45, 7) is 3.56. The van der Waals surface area contributed by atoms with Crippen molar-refractivity contribution in [2.75, 3.05) is 39.5 Å². The van der Waals surface area contributed by atoms with Crippen molar-refractivity contribution in [3.05, 3.63) is 23.8 Å². The molecule has 0 aromatic heterocycles. The van der Waals surface area contributed by atoms with E-state index >= 15 is 0 Å². The summed E-state index contributed by atoms with van der Waals surface area (Å²) in [4.78, 5) is 29.3. The number of nitrogens with zero attached hydrogens (tertiary/aromatic N) is 2. The van der Waals surface area contributed by atoms with E-state index in [-0.39, 0.29) is 18.5 Å². The Morgan fingerprint density at radius 1 is 0.962 bits per heavy atom. The summed E-state index contributed by atoms with van der Waals surface area (Å²) < 4.78 is 10.6. The Hall–Kier alpha value is -2.08. The molecule has 1 saturated heterocycles. The second-order valence-corrected chi connectivity index (χ2v) is 7.43. The van der Waals surface area contributed by atoms with Gasteiger partial charge in [-0.05, 0) is 31.0 Å². The van der Waals surface area contributed by atoms with Crippen molar-refractivity contribution in [3.63, 3.8) is 0 Å². The van der Waals surface area contributed by atoms with E-state index in [4.69, 9.17) is 9.47 Å². The second-order valence-electron chi connectivity index (χ2n) is 7.43. The first-order chi connectivity index (χ1) is 12.7. The molecule has 0 unspecified atom stereocenters. The summed E-state index contributed by atoms with van der Waals surface area (Å²) in [5.74, 6) is 1.96. The number of amides is 1. The van der Waals surface area contributed by atoms with Gasteiger partial charge in [-0.3, -0.25) is 14.5 Å². The molecular weight excluding hydrogens is 332 g/mol. The van der Waals surface area contributed by atoms with Gasteiger partial charge in [-0.25, -0.2) is 0 Å². The molecule has 2 fully saturated rings. The number of carbonyl (C=O) groups excluding carboxylic acids is 2. The summed E-state index contributed by atoms with van der Waals surface area (Å²) in [5, 5.41) is 0. The first-order valence-corrected chi connectivity index (χ1v) is 9.65. The molecule has 1 saturated carbocycles. The highest BCUT2D eigenvalue weighted by Gasteiger charge is 2.29. The normalized spacial score (nSPS) is 21.0. The van der Waals surface area contributed by atoms with Gasteiger partial charge in [0.1, 0.15) is 0 Å². The van der Waals surface area contributed by atoms with Crippen LogP contribution < -0.4 is 9.47 Å². The van der Waals surface area contributed by atoms with E-state index in [1.54, 1.807) is 18.2 Å². The minimum Gasteiger partial charge on any atom is -0.454 e. The molecule has 0 spiro atoms. The Balaban J connectivity index is 1.28. The Kier molecular flexibility index (Phi) is 5.11. The number of hydrogen-bond acceptors (Lipinski definition) is 5. The van der Waals surface area contributed by atoms with Crippen molar-refractivity contribution in [1.29, 1.82) is 0 Å². The zero-order valence-electron chi connectivity index (χ0n) is 15.1. The maximum atomic E-state index is 12.6. The minimum atomic E-state index is 0.0790. The molecule has 26 heavy (non-hydrogen) atoms. The molecule has 1 aliphatic carbocycles. The Morgan fingerprint density at radius 3 is 2.46 bits per heavy atom. The number of hydrogen-bond donors (Lipinski definition) is 0. The lowest BCUT2D eigenvalue weighted by Gasteiger charge is -2.36. The third kappa shape index (κ3) is 3.70. The first-order valence-electron chi connectivity index (χ1n) is 9.65. The van der Waals surface area contributed by atoms with Crippen LogP contribution in [0.25, 0.3) is 0 Å². The average Bonchev–Trinajstić information content (AvgIpc) is 3.16. The van der Waals surface area contributed by atoms with Gasteiger partial charge in [-0.15, -0.1) is 0 Å². The lowest BCUT2D eigenvalue weighted by molar-refractivity contribution is -0.138. The van der Waals surface area contributed by atoms with Crippen LogP contribution in [0.4, 0.5) is 0 Å². The predicted octanol–water partition coefficient (Wildman–Crippen LogP) is 2.32. The molecule has 0 atom stereocenters. The molecule has 0 radical (unpaired) electrons. The SMILES string of the molecule is O=C(CN1CCN(C(=O)C2CCCCC2)CC1)c1ccc2c(c1)OCO2. The summed E-state index contributed by atoms with van der Waals surface area (Å²) >= 11 is 0. The van der Waals surface area contributed by atoms with Crippen LogP contribution in [0.5, 0.6) is 11.5 Å². The van der Waals surface area contributed by atoms with Crippen molar-refractivity contribution >= 4 is 11.7 Å². The lowest BCUT2D eigenvalue weighted by atomic mass is 9.88.